The van der Waals surface area contributed by atoms with E-state index >= 15 is 0 Å². The third-order valence-electron chi connectivity index (χ3n) is 6.03. The molecule has 1 unspecified atom stereocenters. The van der Waals surface area contributed by atoms with Crippen LogP contribution in [0.5, 0.6) is 0 Å². The van der Waals surface area contributed by atoms with E-state index in [2.05, 4.69) is 28.5 Å². The summed E-state index contributed by atoms with van der Waals surface area (Å²) in [5, 5.41) is 8.43. The molecular weight excluding hydrogens is 336 g/mol. The monoisotopic (exact) mass is 362 g/mol. The third kappa shape index (κ3) is 3.22. The number of hydrogen-bond acceptors (Lipinski definition) is 4. The molecule has 1 spiro atoms. The highest BCUT2D eigenvalue weighted by Gasteiger charge is 2.40. The van der Waals surface area contributed by atoms with Gasteiger partial charge in [-0.05, 0) is 62.5 Å². The number of para-hydroxylation sites is 1. The molecule has 2 fully saturated rings. The molecule has 2 aliphatic rings. The van der Waals surface area contributed by atoms with E-state index in [1.54, 1.807) is 0 Å². The maximum atomic E-state index is 5.91. The predicted molar refractivity (Wildman–Crippen MR) is 106 cm³/mol. The Morgan fingerprint density at radius 2 is 2.04 bits per heavy atom. The van der Waals surface area contributed by atoms with E-state index in [1.165, 1.54) is 24.9 Å². The van der Waals surface area contributed by atoms with Gasteiger partial charge in [0.15, 0.2) is 5.76 Å². The molecule has 0 saturated carbocycles. The number of aryl methyl sites for hydroxylation is 1. The van der Waals surface area contributed by atoms with Gasteiger partial charge < -0.3 is 9.73 Å². The van der Waals surface area contributed by atoms with Crippen LogP contribution >= 0.6 is 0 Å². The Kier molecular flexibility index (Phi) is 4.14. The van der Waals surface area contributed by atoms with Crippen LogP contribution in [-0.2, 0) is 6.54 Å². The Hall–Kier alpha value is -2.37. The average Bonchev–Trinajstić information content (AvgIpc) is 3.46. The number of rotatable bonds is 4. The Labute approximate surface area is 160 Å². The molecule has 0 radical (unpaired) electrons. The summed E-state index contributed by atoms with van der Waals surface area (Å²) >= 11 is 0. The summed E-state index contributed by atoms with van der Waals surface area (Å²) in [6.45, 7) is 7.56. The van der Waals surface area contributed by atoms with E-state index in [0.29, 0.717) is 5.41 Å². The van der Waals surface area contributed by atoms with Crippen molar-refractivity contribution in [3.8, 4) is 17.1 Å². The molecule has 0 amide bonds. The molecule has 0 aliphatic carbocycles. The van der Waals surface area contributed by atoms with Gasteiger partial charge in [-0.15, -0.1) is 0 Å². The summed E-state index contributed by atoms with van der Waals surface area (Å²) in [5.74, 6) is 1.77. The second-order valence-electron chi connectivity index (χ2n) is 8.08. The maximum Gasteiger partial charge on any atom is 0.154 e. The molecule has 1 aromatic carbocycles. The lowest BCUT2D eigenvalue weighted by atomic mass is 9.86. The molecule has 2 saturated heterocycles. The van der Waals surface area contributed by atoms with Gasteiger partial charge >= 0.3 is 0 Å². The Balaban J connectivity index is 1.46. The van der Waals surface area contributed by atoms with Crippen molar-refractivity contribution in [2.45, 2.75) is 26.3 Å². The number of benzene rings is 1. The second kappa shape index (κ2) is 6.66. The molecule has 5 heteroatoms. The first-order chi connectivity index (χ1) is 13.2. The molecule has 5 nitrogen and oxygen atoms in total. The van der Waals surface area contributed by atoms with Crippen molar-refractivity contribution in [3.63, 3.8) is 0 Å². The van der Waals surface area contributed by atoms with Crippen LogP contribution in [0.3, 0.4) is 0 Å². The maximum absolute atomic E-state index is 5.91. The lowest BCUT2D eigenvalue weighted by molar-refractivity contribution is 0.269. The number of nitrogens with one attached hydrogen (secondary N) is 1. The fraction of sp³-hybridized carbons (Fsp3) is 0.409. The van der Waals surface area contributed by atoms with Crippen LogP contribution in [0.2, 0.25) is 0 Å². The number of likely N-dealkylation sites (tertiary alicyclic amines) is 1. The SMILES string of the molecule is Cc1ccc(-c2nn(-c3ccccc3)cc2CN2CCC3(CCNC3)C2)o1. The van der Waals surface area contributed by atoms with Crippen molar-refractivity contribution in [2.75, 3.05) is 26.2 Å². The van der Waals surface area contributed by atoms with Gasteiger partial charge in [0.25, 0.3) is 0 Å². The molecule has 140 valence electrons. The van der Waals surface area contributed by atoms with Gasteiger partial charge in [-0.2, -0.15) is 5.10 Å². The first-order valence-electron chi connectivity index (χ1n) is 9.85. The van der Waals surface area contributed by atoms with Crippen molar-refractivity contribution < 1.29 is 4.42 Å². The van der Waals surface area contributed by atoms with E-state index < -0.39 is 0 Å². The molecule has 27 heavy (non-hydrogen) atoms. The largest absolute Gasteiger partial charge is 0.460 e. The van der Waals surface area contributed by atoms with Crippen LogP contribution in [0.4, 0.5) is 0 Å². The van der Waals surface area contributed by atoms with Crippen LogP contribution in [0, 0.1) is 12.3 Å². The summed E-state index contributed by atoms with van der Waals surface area (Å²) in [5.41, 5.74) is 3.75. The molecule has 2 aliphatic heterocycles. The quantitative estimate of drug-likeness (QED) is 0.770. The molecule has 5 rings (SSSR count). The average molecular weight is 362 g/mol. The standard InChI is InChI=1S/C22H26N4O/c1-17-7-8-20(27-17)21-18(14-26(24-21)19-5-3-2-4-6-19)13-25-12-10-22(16-25)9-11-23-15-22/h2-8,14,23H,9-13,15-16H2,1H3. The number of furan rings is 1. The summed E-state index contributed by atoms with van der Waals surface area (Å²) < 4.78 is 7.89. The van der Waals surface area contributed by atoms with Crippen LogP contribution < -0.4 is 5.32 Å². The van der Waals surface area contributed by atoms with Crippen molar-refractivity contribution in [2.24, 2.45) is 5.41 Å². The van der Waals surface area contributed by atoms with Gasteiger partial charge in [0, 0.05) is 31.4 Å². The van der Waals surface area contributed by atoms with E-state index in [0.717, 1.165) is 49.1 Å². The zero-order valence-corrected chi connectivity index (χ0v) is 15.8. The van der Waals surface area contributed by atoms with Crippen LogP contribution in [0.25, 0.3) is 17.1 Å². The van der Waals surface area contributed by atoms with Gasteiger partial charge in [0.05, 0.1) is 5.69 Å². The van der Waals surface area contributed by atoms with E-state index in [-0.39, 0.29) is 0 Å². The van der Waals surface area contributed by atoms with Crippen molar-refractivity contribution in [1.82, 2.24) is 20.0 Å². The Morgan fingerprint density at radius 1 is 1.15 bits per heavy atom. The summed E-state index contributed by atoms with van der Waals surface area (Å²) in [7, 11) is 0. The summed E-state index contributed by atoms with van der Waals surface area (Å²) in [4.78, 5) is 2.58. The zero-order chi connectivity index (χ0) is 18.3. The fourth-order valence-corrected chi connectivity index (χ4v) is 4.56. The van der Waals surface area contributed by atoms with E-state index in [9.17, 15) is 0 Å². The van der Waals surface area contributed by atoms with Gasteiger partial charge in [-0.25, -0.2) is 4.68 Å². The van der Waals surface area contributed by atoms with Crippen LogP contribution in [0.15, 0.2) is 53.1 Å². The highest BCUT2D eigenvalue weighted by molar-refractivity contribution is 5.58. The van der Waals surface area contributed by atoms with Crippen LogP contribution in [0.1, 0.15) is 24.2 Å². The normalized spacial score (nSPS) is 22.9. The minimum absolute atomic E-state index is 0.483. The molecule has 1 atom stereocenters. The van der Waals surface area contributed by atoms with Gasteiger partial charge in [0.2, 0.25) is 0 Å². The van der Waals surface area contributed by atoms with Crippen molar-refractivity contribution in [1.29, 1.82) is 0 Å². The van der Waals surface area contributed by atoms with Gasteiger partial charge in [-0.3, -0.25) is 4.90 Å². The second-order valence-corrected chi connectivity index (χ2v) is 8.08. The first kappa shape index (κ1) is 16.8. The van der Waals surface area contributed by atoms with Gasteiger partial charge in [0.1, 0.15) is 11.5 Å². The number of hydrogen-bond donors (Lipinski definition) is 1. The topological polar surface area (TPSA) is 46.2 Å². The van der Waals surface area contributed by atoms with Crippen LogP contribution in [-0.4, -0.2) is 40.9 Å². The minimum Gasteiger partial charge on any atom is -0.460 e. The zero-order valence-electron chi connectivity index (χ0n) is 15.8. The Bertz CT molecular complexity index is 921. The summed E-state index contributed by atoms with van der Waals surface area (Å²) in [6, 6.07) is 14.3. The predicted octanol–water partition coefficient (Wildman–Crippen LogP) is 3.63. The molecule has 1 N–H and O–H groups in total. The van der Waals surface area contributed by atoms with Crippen molar-refractivity contribution >= 4 is 0 Å². The number of nitrogens with zero attached hydrogens (tertiary/aromatic N) is 3. The number of aromatic nitrogens is 2. The third-order valence-corrected chi connectivity index (χ3v) is 6.03. The highest BCUT2D eigenvalue weighted by atomic mass is 16.3. The lowest BCUT2D eigenvalue weighted by Crippen LogP contribution is -2.29. The lowest BCUT2D eigenvalue weighted by Gasteiger charge is -2.22. The smallest absolute Gasteiger partial charge is 0.154 e. The highest BCUT2D eigenvalue weighted by Crippen LogP contribution is 2.37. The minimum atomic E-state index is 0.483. The van der Waals surface area contributed by atoms with E-state index in [4.69, 9.17) is 9.52 Å². The molecule has 0 bridgehead atoms. The summed E-state index contributed by atoms with van der Waals surface area (Å²) in [6.07, 6.45) is 4.76. The van der Waals surface area contributed by atoms with Crippen molar-refractivity contribution in [3.05, 3.63) is 60.0 Å². The fourth-order valence-electron chi connectivity index (χ4n) is 4.56. The Morgan fingerprint density at radius 3 is 2.78 bits per heavy atom. The van der Waals surface area contributed by atoms with Gasteiger partial charge in [-0.1, -0.05) is 18.2 Å². The molecule has 2 aromatic heterocycles. The van der Waals surface area contributed by atoms with E-state index in [1.807, 2.05) is 41.9 Å². The molecular formula is C22H26N4O. The first-order valence-corrected chi connectivity index (χ1v) is 9.85. The molecule has 3 aromatic rings. The molecule has 4 heterocycles.